The number of benzene rings is 1. The lowest BCUT2D eigenvalue weighted by Gasteiger charge is -2.28. The maximum Gasteiger partial charge on any atom is 0.276 e. The summed E-state index contributed by atoms with van der Waals surface area (Å²) in [4.78, 5) is 15.2. The second-order valence-corrected chi connectivity index (χ2v) is 7.93. The van der Waals surface area contributed by atoms with Gasteiger partial charge in [0.05, 0.1) is 12.2 Å². The van der Waals surface area contributed by atoms with Gasteiger partial charge < -0.3 is 10.2 Å². The number of amides is 1. The second-order valence-electron chi connectivity index (χ2n) is 7.53. The van der Waals surface area contributed by atoms with Crippen LogP contribution in [-0.4, -0.2) is 44.9 Å². The topological polar surface area (TPSA) is 63.1 Å². The van der Waals surface area contributed by atoms with Crippen molar-refractivity contribution in [3.8, 4) is 0 Å². The molecule has 1 aromatic heterocycles. The first-order valence-corrected chi connectivity index (χ1v) is 10.3. The molecule has 1 saturated heterocycles. The van der Waals surface area contributed by atoms with Gasteiger partial charge in [0.1, 0.15) is 0 Å². The van der Waals surface area contributed by atoms with E-state index in [2.05, 4.69) is 15.6 Å². The first-order chi connectivity index (χ1) is 13.2. The molecule has 0 atom stereocenters. The van der Waals surface area contributed by atoms with Gasteiger partial charge in [0.15, 0.2) is 5.69 Å². The van der Waals surface area contributed by atoms with Crippen LogP contribution in [0.25, 0.3) is 0 Å². The van der Waals surface area contributed by atoms with Crippen molar-refractivity contribution in [1.29, 1.82) is 0 Å². The summed E-state index contributed by atoms with van der Waals surface area (Å²) in [7, 11) is 0. The minimum atomic E-state index is -0.0398. The van der Waals surface area contributed by atoms with Crippen LogP contribution in [0.5, 0.6) is 0 Å². The molecule has 4 rings (SSSR count). The molecule has 144 valence electrons. The highest BCUT2D eigenvalue weighted by Crippen LogP contribution is 2.28. The third-order valence-corrected chi connectivity index (χ3v) is 6.11. The van der Waals surface area contributed by atoms with Gasteiger partial charge in [0.25, 0.3) is 5.91 Å². The normalized spacial score (nSPS) is 18.7. The van der Waals surface area contributed by atoms with E-state index >= 15 is 0 Å². The highest BCUT2D eigenvalue weighted by atomic mass is 35.5. The van der Waals surface area contributed by atoms with Gasteiger partial charge in [0.2, 0.25) is 0 Å². The van der Waals surface area contributed by atoms with Gasteiger partial charge >= 0.3 is 0 Å². The molecule has 2 fully saturated rings. The molecule has 1 aliphatic heterocycles. The SMILES string of the molecule is O=C(c1cn(C2CCNCC2)nn1)N(Cc1ccccc1Cl)C1CCCC1. The number of nitrogens with one attached hydrogen (secondary N) is 1. The number of piperidine rings is 1. The highest BCUT2D eigenvalue weighted by Gasteiger charge is 2.30. The fraction of sp³-hybridized carbons (Fsp3) is 0.550. The summed E-state index contributed by atoms with van der Waals surface area (Å²) < 4.78 is 1.87. The van der Waals surface area contributed by atoms with Crippen LogP contribution in [0.4, 0.5) is 0 Å². The summed E-state index contributed by atoms with van der Waals surface area (Å²) in [5, 5.41) is 12.5. The van der Waals surface area contributed by atoms with Gasteiger partial charge in [-0.15, -0.1) is 5.10 Å². The van der Waals surface area contributed by atoms with Gasteiger partial charge in [-0.1, -0.05) is 47.9 Å². The molecule has 6 nitrogen and oxygen atoms in total. The molecule has 1 aromatic carbocycles. The average Bonchev–Trinajstić information content (AvgIpc) is 3.40. The minimum absolute atomic E-state index is 0.0398. The van der Waals surface area contributed by atoms with Gasteiger partial charge in [-0.2, -0.15) is 0 Å². The zero-order chi connectivity index (χ0) is 18.6. The van der Waals surface area contributed by atoms with Crippen molar-refractivity contribution in [2.24, 2.45) is 0 Å². The first-order valence-electron chi connectivity index (χ1n) is 9.89. The van der Waals surface area contributed by atoms with Crippen LogP contribution in [0.2, 0.25) is 5.02 Å². The lowest BCUT2D eigenvalue weighted by Crippen LogP contribution is -2.38. The zero-order valence-electron chi connectivity index (χ0n) is 15.5. The molecule has 1 aliphatic carbocycles. The van der Waals surface area contributed by atoms with E-state index in [0.717, 1.165) is 44.3 Å². The summed E-state index contributed by atoms with van der Waals surface area (Å²) in [5.41, 5.74) is 1.41. The summed E-state index contributed by atoms with van der Waals surface area (Å²) in [5.74, 6) is -0.0398. The van der Waals surface area contributed by atoms with Gasteiger partial charge in [-0.3, -0.25) is 4.79 Å². The average molecular weight is 388 g/mol. The molecule has 2 heterocycles. The molecule has 0 unspecified atom stereocenters. The van der Waals surface area contributed by atoms with E-state index in [0.29, 0.717) is 23.3 Å². The maximum absolute atomic E-state index is 13.3. The highest BCUT2D eigenvalue weighted by molar-refractivity contribution is 6.31. The van der Waals surface area contributed by atoms with Crippen molar-refractivity contribution in [3.63, 3.8) is 0 Å². The molecule has 1 amide bonds. The van der Waals surface area contributed by atoms with Crippen LogP contribution in [-0.2, 0) is 6.54 Å². The largest absolute Gasteiger partial charge is 0.330 e. The maximum atomic E-state index is 13.3. The Morgan fingerprint density at radius 3 is 2.67 bits per heavy atom. The fourth-order valence-corrected chi connectivity index (χ4v) is 4.36. The Morgan fingerprint density at radius 2 is 1.93 bits per heavy atom. The predicted octanol–water partition coefficient (Wildman–Crippen LogP) is 3.44. The number of rotatable bonds is 5. The van der Waals surface area contributed by atoms with Crippen LogP contribution in [0.1, 0.15) is 60.6 Å². The van der Waals surface area contributed by atoms with Crippen molar-refractivity contribution in [1.82, 2.24) is 25.2 Å². The number of hydrogen-bond donors (Lipinski definition) is 1. The number of halogens is 1. The Hall–Kier alpha value is -1.92. The smallest absolute Gasteiger partial charge is 0.276 e. The summed E-state index contributed by atoms with van der Waals surface area (Å²) in [6.07, 6.45) is 8.27. The lowest BCUT2D eigenvalue weighted by molar-refractivity contribution is 0.0658. The number of aromatic nitrogens is 3. The molecule has 1 saturated carbocycles. The first kappa shape index (κ1) is 18.4. The van der Waals surface area contributed by atoms with E-state index in [-0.39, 0.29) is 11.9 Å². The van der Waals surface area contributed by atoms with Crippen molar-refractivity contribution < 1.29 is 4.79 Å². The van der Waals surface area contributed by atoms with E-state index < -0.39 is 0 Å². The quantitative estimate of drug-likeness (QED) is 0.853. The van der Waals surface area contributed by atoms with Crippen molar-refractivity contribution >= 4 is 17.5 Å². The molecule has 2 aliphatic rings. The molecule has 2 aromatic rings. The molecular formula is C20H26ClN5O. The van der Waals surface area contributed by atoms with Gasteiger partial charge in [-0.05, 0) is 50.4 Å². The Balaban J connectivity index is 1.55. The van der Waals surface area contributed by atoms with Crippen molar-refractivity contribution in [2.75, 3.05) is 13.1 Å². The Labute approximate surface area is 164 Å². The third-order valence-electron chi connectivity index (χ3n) is 5.74. The van der Waals surface area contributed by atoms with Crippen LogP contribution in [0.15, 0.2) is 30.5 Å². The zero-order valence-corrected chi connectivity index (χ0v) is 16.2. The molecule has 1 N–H and O–H groups in total. The number of hydrogen-bond acceptors (Lipinski definition) is 4. The summed E-state index contributed by atoms with van der Waals surface area (Å²) >= 11 is 6.36. The Morgan fingerprint density at radius 1 is 1.19 bits per heavy atom. The summed E-state index contributed by atoms with van der Waals surface area (Å²) in [6, 6.07) is 8.32. The van der Waals surface area contributed by atoms with Gasteiger partial charge in [0, 0.05) is 17.6 Å². The van der Waals surface area contributed by atoms with Crippen LogP contribution >= 0.6 is 11.6 Å². The van der Waals surface area contributed by atoms with E-state index in [1.54, 1.807) is 0 Å². The van der Waals surface area contributed by atoms with Crippen molar-refractivity contribution in [2.45, 2.75) is 57.2 Å². The van der Waals surface area contributed by atoms with Crippen LogP contribution in [0.3, 0.4) is 0 Å². The number of carbonyl (C=O) groups is 1. The second kappa shape index (κ2) is 8.40. The van der Waals surface area contributed by atoms with E-state index in [1.165, 1.54) is 12.8 Å². The standard InChI is InChI=1S/C20H26ClN5O/c21-18-8-4-1-5-15(18)13-25(16-6-2-3-7-16)20(27)19-14-26(24-23-19)17-9-11-22-12-10-17/h1,4-5,8,14,16-17,22H,2-3,6-7,9-13H2. The van der Waals surface area contributed by atoms with Crippen LogP contribution in [0, 0.1) is 0 Å². The predicted molar refractivity (Wildman–Crippen MR) is 105 cm³/mol. The summed E-state index contributed by atoms with van der Waals surface area (Å²) in [6.45, 7) is 2.48. The van der Waals surface area contributed by atoms with Crippen LogP contribution < -0.4 is 5.32 Å². The number of nitrogens with zero attached hydrogens (tertiary/aromatic N) is 4. The lowest BCUT2D eigenvalue weighted by atomic mass is 10.1. The molecule has 0 radical (unpaired) electrons. The van der Waals surface area contributed by atoms with E-state index in [4.69, 9.17) is 11.6 Å². The van der Waals surface area contributed by atoms with Gasteiger partial charge in [-0.25, -0.2) is 4.68 Å². The Kier molecular flexibility index (Phi) is 5.74. The van der Waals surface area contributed by atoms with E-state index in [1.807, 2.05) is 40.0 Å². The number of carbonyl (C=O) groups excluding carboxylic acids is 1. The molecular weight excluding hydrogens is 362 g/mol. The molecule has 27 heavy (non-hydrogen) atoms. The van der Waals surface area contributed by atoms with E-state index in [9.17, 15) is 4.79 Å². The fourth-order valence-electron chi connectivity index (χ4n) is 4.16. The van der Waals surface area contributed by atoms with Crippen molar-refractivity contribution in [3.05, 3.63) is 46.7 Å². The third kappa shape index (κ3) is 4.17. The molecule has 0 bridgehead atoms. The molecule has 0 spiro atoms. The Bertz CT molecular complexity index is 780. The minimum Gasteiger partial charge on any atom is -0.330 e. The molecule has 7 heteroatoms. The monoisotopic (exact) mass is 387 g/mol.